The molecule has 2 amide bonds. The minimum atomic E-state index is -0.467. The number of carbonyl (C=O) groups is 2. The van der Waals surface area contributed by atoms with Gasteiger partial charge in [0.25, 0.3) is 0 Å². The van der Waals surface area contributed by atoms with E-state index in [-0.39, 0.29) is 30.6 Å². The number of hydrogen-bond donors (Lipinski definition) is 2. The minimum Gasteiger partial charge on any atom is -0.336 e. The van der Waals surface area contributed by atoms with Gasteiger partial charge in [-0.1, -0.05) is 48.5 Å². The SMILES string of the molecule is Cl.O=C(CC1NCCN(Cc2ccccc2)C1=O)Nc1ccccc1. The molecule has 1 fully saturated rings. The monoisotopic (exact) mass is 359 g/mol. The summed E-state index contributed by atoms with van der Waals surface area (Å²) >= 11 is 0. The summed E-state index contributed by atoms with van der Waals surface area (Å²) in [6.45, 7) is 1.94. The van der Waals surface area contributed by atoms with E-state index in [1.54, 1.807) is 0 Å². The second kappa shape index (κ2) is 9.20. The van der Waals surface area contributed by atoms with Crippen molar-refractivity contribution in [3.63, 3.8) is 0 Å². The molecule has 25 heavy (non-hydrogen) atoms. The first kappa shape index (κ1) is 19.0. The number of amides is 2. The Bertz CT molecular complexity index is 694. The fraction of sp³-hybridized carbons (Fsp3) is 0.263. The lowest BCUT2D eigenvalue weighted by Crippen LogP contribution is -2.55. The van der Waals surface area contributed by atoms with Crippen LogP contribution in [0.1, 0.15) is 12.0 Å². The summed E-state index contributed by atoms with van der Waals surface area (Å²) in [6.07, 6.45) is 0.138. The molecular weight excluding hydrogens is 338 g/mol. The van der Waals surface area contributed by atoms with Crippen LogP contribution in [0, 0.1) is 0 Å². The van der Waals surface area contributed by atoms with Crippen molar-refractivity contribution in [1.29, 1.82) is 0 Å². The van der Waals surface area contributed by atoms with Crippen molar-refractivity contribution < 1.29 is 9.59 Å². The second-order valence-corrected chi connectivity index (χ2v) is 5.87. The molecule has 1 heterocycles. The number of benzene rings is 2. The van der Waals surface area contributed by atoms with Gasteiger partial charge in [0.1, 0.15) is 0 Å². The zero-order chi connectivity index (χ0) is 16.8. The highest BCUT2D eigenvalue weighted by Crippen LogP contribution is 2.12. The summed E-state index contributed by atoms with van der Waals surface area (Å²) in [5.74, 6) is -0.179. The number of para-hydroxylation sites is 1. The van der Waals surface area contributed by atoms with Crippen molar-refractivity contribution in [3.8, 4) is 0 Å². The molecule has 2 aromatic carbocycles. The Hall–Kier alpha value is -2.37. The van der Waals surface area contributed by atoms with Crippen LogP contribution in [0.2, 0.25) is 0 Å². The molecule has 0 saturated carbocycles. The Kier molecular flexibility index (Phi) is 6.98. The molecule has 132 valence electrons. The predicted molar refractivity (Wildman–Crippen MR) is 101 cm³/mol. The summed E-state index contributed by atoms with van der Waals surface area (Å²) in [5.41, 5.74) is 1.84. The van der Waals surface area contributed by atoms with Crippen molar-refractivity contribution in [2.24, 2.45) is 0 Å². The topological polar surface area (TPSA) is 61.4 Å². The zero-order valence-electron chi connectivity index (χ0n) is 13.9. The number of nitrogens with zero attached hydrogens (tertiary/aromatic N) is 1. The Labute approximate surface area is 153 Å². The molecule has 6 heteroatoms. The molecule has 0 radical (unpaired) electrons. The first-order chi connectivity index (χ1) is 11.7. The third-order valence-corrected chi connectivity index (χ3v) is 4.05. The second-order valence-electron chi connectivity index (χ2n) is 5.87. The number of anilines is 1. The predicted octanol–water partition coefficient (Wildman–Crippen LogP) is 2.44. The van der Waals surface area contributed by atoms with E-state index in [0.717, 1.165) is 11.3 Å². The normalized spacial score (nSPS) is 16.9. The lowest BCUT2D eigenvalue weighted by atomic mass is 10.1. The molecule has 3 rings (SSSR count). The van der Waals surface area contributed by atoms with Crippen molar-refractivity contribution >= 4 is 29.9 Å². The van der Waals surface area contributed by atoms with Crippen LogP contribution in [0.15, 0.2) is 60.7 Å². The molecule has 5 nitrogen and oxygen atoms in total. The molecule has 1 saturated heterocycles. The molecule has 1 unspecified atom stereocenters. The van der Waals surface area contributed by atoms with E-state index in [1.807, 2.05) is 65.6 Å². The summed E-state index contributed by atoms with van der Waals surface area (Å²) in [6, 6.07) is 18.7. The van der Waals surface area contributed by atoms with E-state index < -0.39 is 6.04 Å². The Balaban J connectivity index is 0.00000225. The van der Waals surface area contributed by atoms with Gasteiger partial charge in [0.05, 0.1) is 12.5 Å². The Morgan fingerprint density at radius 3 is 2.40 bits per heavy atom. The van der Waals surface area contributed by atoms with Gasteiger partial charge in [-0.3, -0.25) is 9.59 Å². The van der Waals surface area contributed by atoms with Crippen molar-refractivity contribution in [2.45, 2.75) is 19.0 Å². The molecule has 1 aliphatic heterocycles. The van der Waals surface area contributed by atoms with Gasteiger partial charge in [0.2, 0.25) is 11.8 Å². The summed E-state index contributed by atoms with van der Waals surface area (Å²) in [4.78, 5) is 26.6. The van der Waals surface area contributed by atoms with Crippen LogP contribution in [-0.4, -0.2) is 35.8 Å². The maximum Gasteiger partial charge on any atom is 0.240 e. The van der Waals surface area contributed by atoms with Crippen LogP contribution in [-0.2, 0) is 16.1 Å². The van der Waals surface area contributed by atoms with Crippen LogP contribution in [0.4, 0.5) is 5.69 Å². The molecule has 1 atom stereocenters. The van der Waals surface area contributed by atoms with E-state index in [2.05, 4.69) is 10.6 Å². The van der Waals surface area contributed by atoms with Crippen LogP contribution in [0.25, 0.3) is 0 Å². The first-order valence-electron chi connectivity index (χ1n) is 8.13. The summed E-state index contributed by atoms with van der Waals surface area (Å²) < 4.78 is 0. The molecular formula is C19H22ClN3O2. The average molecular weight is 360 g/mol. The standard InChI is InChI=1S/C19H21N3O2.ClH/c23-18(21-16-9-5-2-6-10-16)13-17-19(24)22(12-11-20-17)14-15-7-3-1-4-8-15;/h1-10,17,20H,11-14H2,(H,21,23);1H. The molecule has 0 aromatic heterocycles. The highest BCUT2D eigenvalue weighted by Gasteiger charge is 2.30. The molecule has 0 aliphatic carbocycles. The molecule has 1 aliphatic rings. The van der Waals surface area contributed by atoms with Gasteiger partial charge in [-0.25, -0.2) is 0 Å². The largest absolute Gasteiger partial charge is 0.336 e. The first-order valence-corrected chi connectivity index (χ1v) is 8.13. The third-order valence-electron chi connectivity index (χ3n) is 4.05. The van der Waals surface area contributed by atoms with E-state index >= 15 is 0 Å². The van der Waals surface area contributed by atoms with Gasteiger partial charge in [0, 0.05) is 25.3 Å². The number of piperazine rings is 1. The van der Waals surface area contributed by atoms with E-state index in [1.165, 1.54) is 0 Å². The highest BCUT2D eigenvalue weighted by atomic mass is 35.5. The third kappa shape index (κ3) is 5.31. The highest BCUT2D eigenvalue weighted by molar-refractivity contribution is 5.95. The number of halogens is 1. The Morgan fingerprint density at radius 2 is 1.72 bits per heavy atom. The summed E-state index contributed by atoms with van der Waals surface area (Å²) in [5, 5.41) is 5.97. The lowest BCUT2D eigenvalue weighted by molar-refractivity contribution is -0.138. The van der Waals surface area contributed by atoms with Gasteiger partial charge in [-0.15, -0.1) is 12.4 Å². The minimum absolute atomic E-state index is 0. The zero-order valence-corrected chi connectivity index (χ0v) is 14.7. The van der Waals surface area contributed by atoms with Crippen LogP contribution < -0.4 is 10.6 Å². The molecule has 0 bridgehead atoms. The van der Waals surface area contributed by atoms with E-state index in [9.17, 15) is 9.59 Å². The lowest BCUT2D eigenvalue weighted by Gasteiger charge is -2.33. The van der Waals surface area contributed by atoms with Crippen molar-refractivity contribution in [3.05, 3.63) is 66.2 Å². The smallest absolute Gasteiger partial charge is 0.240 e. The maximum absolute atomic E-state index is 12.6. The van der Waals surface area contributed by atoms with Crippen LogP contribution in [0.3, 0.4) is 0 Å². The molecule has 2 N–H and O–H groups in total. The van der Waals surface area contributed by atoms with Gasteiger partial charge in [-0.2, -0.15) is 0 Å². The van der Waals surface area contributed by atoms with Gasteiger partial charge >= 0.3 is 0 Å². The molecule has 2 aromatic rings. The van der Waals surface area contributed by atoms with Gasteiger partial charge in [0.15, 0.2) is 0 Å². The maximum atomic E-state index is 12.6. The van der Waals surface area contributed by atoms with E-state index in [0.29, 0.717) is 19.6 Å². The Morgan fingerprint density at radius 1 is 1.08 bits per heavy atom. The fourth-order valence-electron chi connectivity index (χ4n) is 2.83. The van der Waals surface area contributed by atoms with Gasteiger partial charge in [-0.05, 0) is 17.7 Å². The van der Waals surface area contributed by atoms with Gasteiger partial charge < -0.3 is 15.5 Å². The van der Waals surface area contributed by atoms with Crippen LogP contribution in [0.5, 0.6) is 0 Å². The van der Waals surface area contributed by atoms with Crippen molar-refractivity contribution in [1.82, 2.24) is 10.2 Å². The summed E-state index contributed by atoms with van der Waals surface area (Å²) in [7, 11) is 0. The molecule has 0 spiro atoms. The van der Waals surface area contributed by atoms with Crippen LogP contribution >= 0.6 is 12.4 Å². The number of hydrogen-bond acceptors (Lipinski definition) is 3. The van der Waals surface area contributed by atoms with E-state index in [4.69, 9.17) is 0 Å². The fourth-order valence-corrected chi connectivity index (χ4v) is 2.83. The number of nitrogens with one attached hydrogen (secondary N) is 2. The average Bonchev–Trinajstić information content (AvgIpc) is 2.60. The number of carbonyl (C=O) groups excluding carboxylic acids is 2. The van der Waals surface area contributed by atoms with Crippen molar-refractivity contribution in [2.75, 3.05) is 18.4 Å². The quantitative estimate of drug-likeness (QED) is 0.862. The number of rotatable bonds is 5.